The molecule has 1 fully saturated rings. The van der Waals surface area contributed by atoms with Crippen LogP contribution in [0, 0.1) is 0 Å². The maximum Gasteiger partial charge on any atom is 0.129 e. The van der Waals surface area contributed by atoms with Gasteiger partial charge >= 0.3 is 0 Å². The number of aromatic nitrogens is 2. The fourth-order valence-corrected chi connectivity index (χ4v) is 2.23. The van der Waals surface area contributed by atoms with Crippen molar-refractivity contribution in [1.82, 2.24) is 25.7 Å². The number of hydrogen-bond acceptors (Lipinski definition) is 5. The highest BCUT2D eigenvalue weighted by molar-refractivity contribution is 6.22. The molecule has 0 unspecified atom stereocenters. The molecule has 104 valence electrons. The number of nitrogens with two attached hydrogens (primary N) is 1. The molecule has 2 heterocycles. The largest absolute Gasteiger partial charge is 0.383 e. The summed E-state index contributed by atoms with van der Waals surface area (Å²) in [4.78, 5) is 6.40. The Morgan fingerprint density at radius 2 is 2.21 bits per heavy atom. The fourth-order valence-electron chi connectivity index (χ4n) is 2.23. The third-order valence-corrected chi connectivity index (χ3v) is 3.19. The second kappa shape index (κ2) is 6.24. The zero-order chi connectivity index (χ0) is 13.7. The Morgan fingerprint density at radius 1 is 1.47 bits per heavy atom. The maximum absolute atomic E-state index is 6.06. The van der Waals surface area contributed by atoms with Crippen molar-refractivity contribution in [3.05, 3.63) is 23.8 Å². The molecule has 0 bridgehead atoms. The van der Waals surface area contributed by atoms with Gasteiger partial charge in [-0.2, -0.15) is 5.10 Å². The summed E-state index contributed by atoms with van der Waals surface area (Å²) in [5, 5.41) is 13.4. The van der Waals surface area contributed by atoms with Gasteiger partial charge in [0.15, 0.2) is 0 Å². The minimum atomic E-state index is 0.504. The summed E-state index contributed by atoms with van der Waals surface area (Å²) >= 11 is 0. The number of rotatable bonds is 4. The summed E-state index contributed by atoms with van der Waals surface area (Å²) in [6.07, 6.45) is 3.58. The maximum atomic E-state index is 6.06. The molecule has 0 spiro atoms. The number of aromatic amines is 1. The van der Waals surface area contributed by atoms with Crippen LogP contribution in [-0.4, -0.2) is 61.2 Å². The Morgan fingerprint density at radius 3 is 2.74 bits per heavy atom. The van der Waals surface area contributed by atoms with Crippen molar-refractivity contribution in [2.45, 2.75) is 0 Å². The number of nitrogens with zero attached hydrogens (tertiary/aromatic N) is 3. The highest BCUT2D eigenvalue weighted by Gasteiger charge is 2.20. The van der Waals surface area contributed by atoms with Gasteiger partial charge in [-0.15, -0.1) is 0 Å². The molecule has 1 aliphatic rings. The van der Waals surface area contributed by atoms with Crippen molar-refractivity contribution < 1.29 is 0 Å². The van der Waals surface area contributed by atoms with Crippen molar-refractivity contribution in [3.63, 3.8) is 0 Å². The topological polar surface area (TPSA) is 94.4 Å². The number of hydrogen-bond donors (Lipinski definition) is 4. The number of piperazine rings is 1. The first-order valence-corrected chi connectivity index (χ1v) is 6.37. The third kappa shape index (κ3) is 2.87. The lowest BCUT2D eigenvalue weighted by Crippen LogP contribution is -2.46. The molecule has 0 saturated carbocycles. The minimum absolute atomic E-state index is 0.504. The van der Waals surface area contributed by atoms with E-state index in [9.17, 15) is 0 Å². The van der Waals surface area contributed by atoms with Crippen molar-refractivity contribution >= 4 is 11.4 Å². The van der Waals surface area contributed by atoms with Gasteiger partial charge in [0.1, 0.15) is 11.7 Å². The van der Waals surface area contributed by atoms with Gasteiger partial charge in [0.2, 0.25) is 0 Å². The highest BCUT2D eigenvalue weighted by Crippen LogP contribution is 2.19. The van der Waals surface area contributed by atoms with Crippen LogP contribution < -0.4 is 16.4 Å². The van der Waals surface area contributed by atoms with Crippen LogP contribution in [0.4, 0.5) is 0 Å². The van der Waals surface area contributed by atoms with Gasteiger partial charge in [-0.1, -0.05) is 0 Å². The van der Waals surface area contributed by atoms with Crippen LogP contribution in [0.3, 0.4) is 0 Å². The van der Waals surface area contributed by atoms with Crippen LogP contribution >= 0.6 is 0 Å². The van der Waals surface area contributed by atoms with Gasteiger partial charge in [0.25, 0.3) is 0 Å². The predicted octanol–water partition coefficient (Wildman–Crippen LogP) is -0.810. The molecule has 1 aliphatic heterocycles. The van der Waals surface area contributed by atoms with E-state index in [2.05, 4.69) is 30.7 Å². The van der Waals surface area contributed by atoms with Crippen LogP contribution in [0.2, 0.25) is 0 Å². The SMILES string of the molecule is C/N=C(N)\C(=C(/NC)N1CCNCC1)c1cn[nH]c1. The average Bonchev–Trinajstić information content (AvgIpc) is 2.98. The predicted molar refractivity (Wildman–Crippen MR) is 76.6 cm³/mol. The molecule has 0 aliphatic carbocycles. The first-order valence-electron chi connectivity index (χ1n) is 6.37. The number of amidine groups is 1. The molecule has 7 nitrogen and oxygen atoms in total. The smallest absolute Gasteiger partial charge is 0.129 e. The first-order chi connectivity index (χ1) is 9.27. The van der Waals surface area contributed by atoms with Crippen LogP contribution in [0.25, 0.3) is 5.57 Å². The van der Waals surface area contributed by atoms with Crippen molar-refractivity contribution in [1.29, 1.82) is 0 Å². The van der Waals surface area contributed by atoms with E-state index in [0.717, 1.165) is 43.1 Å². The molecule has 0 amide bonds. The molecule has 7 heteroatoms. The standard InChI is InChI=1S/C12H21N7/c1-14-11(13)10(9-7-17-18-8-9)12(15-2)19-5-3-16-4-6-19/h7-8,15-16H,3-6H2,1-2H3,(H2,13,14)(H,17,18)/b12-10+. The molecule has 2 rings (SSSR count). The van der Waals surface area contributed by atoms with Crippen LogP contribution in [0.15, 0.2) is 23.2 Å². The number of nitrogens with one attached hydrogen (secondary N) is 3. The first kappa shape index (κ1) is 13.4. The van der Waals surface area contributed by atoms with E-state index in [4.69, 9.17) is 5.73 Å². The van der Waals surface area contributed by atoms with Gasteiger partial charge in [-0.05, 0) is 0 Å². The van der Waals surface area contributed by atoms with E-state index in [0.29, 0.717) is 5.84 Å². The molecule has 1 aromatic heterocycles. The van der Waals surface area contributed by atoms with E-state index >= 15 is 0 Å². The Labute approximate surface area is 113 Å². The van der Waals surface area contributed by atoms with Crippen molar-refractivity contribution in [2.24, 2.45) is 10.7 Å². The zero-order valence-electron chi connectivity index (χ0n) is 11.4. The summed E-state index contributed by atoms with van der Waals surface area (Å²) in [5.74, 6) is 1.50. The van der Waals surface area contributed by atoms with Crippen molar-refractivity contribution in [3.8, 4) is 0 Å². The van der Waals surface area contributed by atoms with Crippen molar-refractivity contribution in [2.75, 3.05) is 40.3 Å². The monoisotopic (exact) mass is 263 g/mol. The van der Waals surface area contributed by atoms with E-state index in [1.807, 2.05) is 13.2 Å². The number of aliphatic imine (C=N–C) groups is 1. The quantitative estimate of drug-likeness (QED) is 0.421. The van der Waals surface area contributed by atoms with Crippen LogP contribution in [0.1, 0.15) is 5.56 Å². The molecule has 0 radical (unpaired) electrons. The van der Waals surface area contributed by atoms with Gasteiger partial charge in [0.05, 0.1) is 11.8 Å². The fraction of sp³-hybridized carbons (Fsp3) is 0.500. The molecule has 1 saturated heterocycles. The Bertz CT molecular complexity index is 454. The second-order valence-corrected chi connectivity index (χ2v) is 4.31. The zero-order valence-corrected chi connectivity index (χ0v) is 11.4. The van der Waals surface area contributed by atoms with Gasteiger partial charge in [-0.25, -0.2) is 0 Å². The summed E-state index contributed by atoms with van der Waals surface area (Å²) in [7, 11) is 3.60. The number of H-pyrrole nitrogens is 1. The Hall–Kier alpha value is -2.02. The molecule has 5 N–H and O–H groups in total. The lowest BCUT2D eigenvalue weighted by atomic mass is 10.1. The Balaban J connectivity index is 2.44. The van der Waals surface area contributed by atoms with Crippen LogP contribution in [0.5, 0.6) is 0 Å². The molecule has 19 heavy (non-hydrogen) atoms. The average molecular weight is 263 g/mol. The summed E-state index contributed by atoms with van der Waals surface area (Å²) in [6.45, 7) is 3.81. The van der Waals surface area contributed by atoms with Gasteiger partial charge in [-0.3, -0.25) is 10.1 Å². The molecule has 0 aromatic carbocycles. The van der Waals surface area contributed by atoms with E-state index in [1.54, 1.807) is 13.2 Å². The molecular weight excluding hydrogens is 242 g/mol. The summed E-state index contributed by atoms with van der Waals surface area (Å²) in [5.41, 5.74) is 7.89. The highest BCUT2D eigenvalue weighted by atomic mass is 15.3. The molecular formula is C12H21N7. The van der Waals surface area contributed by atoms with Gasteiger partial charge in [0, 0.05) is 52.0 Å². The summed E-state index contributed by atoms with van der Waals surface area (Å²) < 4.78 is 0. The summed E-state index contributed by atoms with van der Waals surface area (Å²) in [6, 6.07) is 0. The van der Waals surface area contributed by atoms with Gasteiger partial charge < -0.3 is 21.3 Å². The van der Waals surface area contributed by atoms with E-state index in [1.165, 1.54) is 0 Å². The van der Waals surface area contributed by atoms with E-state index in [-0.39, 0.29) is 0 Å². The Kier molecular flexibility index (Phi) is 4.40. The van der Waals surface area contributed by atoms with Crippen LogP contribution in [-0.2, 0) is 0 Å². The third-order valence-electron chi connectivity index (χ3n) is 3.19. The lowest BCUT2D eigenvalue weighted by molar-refractivity contribution is 0.286. The normalized spacial score (nSPS) is 18.2. The molecule has 1 aromatic rings. The van der Waals surface area contributed by atoms with E-state index < -0.39 is 0 Å². The second-order valence-electron chi connectivity index (χ2n) is 4.31. The minimum Gasteiger partial charge on any atom is -0.383 e. The lowest BCUT2D eigenvalue weighted by Gasteiger charge is -2.32. The molecule has 0 atom stereocenters.